The van der Waals surface area contributed by atoms with Gasteiger partial charge in [-0.2, -0.15) is 0 Å². The number of nitrogens with two attached hydrogens (primary N) is 1. The van der Waals surface area contributed by atoms with Crippen LogP contribution in [0.3, 0.4) is 0 Å². The highest BCUT2D eigenvalue weighted by atomic mass is 16.4. The van der Waals surface area contributed by atoms with E-state index in [2.05, 4.69) is 0 Å². The molecule has 0 unspecified atom stereocenters. The summed E-state index contributed by atoms with van der Waals surface area (Å²) in [5.41, 5.74) is 2.14. The Bertz CT molecular complexity index is 259. The largest absolute Gasteiger partial charge is 0.394 e. The fourth-order valence-corrected chi connectivity index (χ4v) is 1.11. The molecule has 0 bridgehead atoms. The SMILES string of the molecule is NC(=O)C[C@](O)(C=O)[C@@H](O)[C@H](O)[C@H](O)CO. The van der Waals surface area contributed by atoms with Gasteiger partial charge in [0.2, 0.25) is 5.91 Å². The normalized spacial score (nSPS) is 20.6. The van der Waals surface area contributed by atoms with E-state index in [1.807, 2.05) is 0 Å². The summed E-state index contributed by atoms with van der Waals surface area (Å²) in [7, 11) is 0. The minimum Gasteiger partial charge on any atom is -0.394 e. The Balaban J connectivity index is 4.81. The number of aliphatic hydroxyl groups excluding tert-OH is 4. The minimum atomic E-state index is -2.60. The average molecular weight is 237 g/mol. The number of aliphatic hydroxyl groups is 5. The Labute approximate surface area is 90.9 Å². The first kappa shape index (κ1) is 14.9. The smallest absolute Gasteiger partial charge is 0.220 e. The van der Waals surface area contributed by atoms with Gasteiger partial charge >= 0.3 is 0 Å². The summed E-state index contributed by atoms with van der Waals surface area (Å²) in [5, 5.41) is 45.6. The van der Waals surface area contributed by atoms with Crippen molar-refractivity contribution in [2.45, 2.75) is 30.3 Å². The molecule has 0 aliphatic heterocycles. The van der Waals surface area contributed by atoms with Gasteiger partial charge in [-0.25, -0.2) is 0 Å². The Morgan fingerprint density at radius 1 is 1.38 bits per heavy atom. The molecule has 0 fully saturated rings. The Morgan fingerprint density at radius 3 is 2.19 bits per heavy atom. The number of aldehydes is 1. The Hall–Kier alpha value is -1.06. The van der Waals surface area contributed by atoms with Crippen molar-refractivity contribution in [1.29, 1.82) is 0 Å². The van der Waals surface area contributed by atoms with Crippen LogP contribution in [0.1, 0.15) is 6.42 Å². The quantitative estimate of drug-likeness (QED) is 0.245. The van der Waals surface area contributed by atoms with E-state index >= 15 is 0 Å². The Morgan fingerprint density at radius 2 is 1.88 bits per heavy atom. The van der Waals surface area contributed by atoms with Gasteiger partial charge in [-0.1, -0.05) is 0 Å². The number of rotatable bonds is 7. The third-order valence-corrected chi connectivity index (χ3v) is 2.08. The van der Waals surface area contributed by atoms with Gasteiger partial charge < -0.3 is 36.1 Å². The molecule has 0 aromatic heterocycles. The predicted octanol–water partition coefficient (Wildman–Crippen LogP) is -4.13. The predicted molar refractivity (Wildman–Crippen MR) is 49.9 cm³/mol. The molecule has 4 atom stereocenters. The van der Waals surface area contributed by atoms with Crippen molar-refractivity contribution in [2.24, 2.45) is 5.73 Å². The zero-order valence-corrected chi connectivity index (χ0v) is 8.35. The second-order valence-corrected chi connectivity index (χ2v) is 3.44. The third-order valence-electron chi connectivity index (χ3n) is 2.08. The monoisotopic (exact) mass is 237 g/mol. The van der Waals surface area contributed by atoms with Gasteiger partial charge in [0.25, 0.3) is 0 Å². The van der Waals surface area contributed by atoms with E-state index in [9.17, 15) is 24.9 Å². The first-order valence-electron chi connectivity index (χ1n) is 4.40. The maximum Gasteiger partial charge on any atom is 0.220 e. The maximum atomic E-state index is 10.5. The Kier molecular flexibility index (Phi) is 5.48. The molecule has 8 nitrogen and oxygen atoms in total. The van der Waals surface area contributed by atoms with Gasteiger partial charge in [0.15, 0.2) is 11.9 Å². The van der Waals surface area contributed by atoms with Crippen LogP contribution >= 0.6 is 0 Å². The maximum absolute atomic E-state index is 10.5. The van der Waals surface area contributed by atoms with Gasteiger partial charge in [0, 0.05) is 0 Å². The van der Waals surface area contributed by atoms with E-state index in [0.29, 0.717) is 0 Å². The van der Waals surface area contributed by atoms with E-state index in [1.54, 1.807) is 0 Å². The summed E-state index contributed by atoms with van der Waals surface area (Å²) in [6.07, 6.45) is -6.95. The zero-order chi connectivity index (χ0) is 12.9. The topological polar surface area (TPSA) is 161 Å². The fourth-order valence-electron chi connectivity index (χ4n) is 1.11. The molecule has 8 heteroatoms. The highest BCUT2D eigenvalue weighted by Crippen LogP contribution is 2.17. The standard InChI is InChI=1S/C8H15NO7/c9-5(13)1-8(16,3-11)7(15)6(14)4(12)2-10/h3-4,6-7,10,12,14-16H,1-2H2,(H2,9,13)/t4-,6-,7+,8+/m1/s1. The van der Waals surface area contributed by atoms with Crippen molar-refractivity contribution in [3.63, 3.8) is 0 Å². The van der Waals surface area contributed by atoms with E-state index in [-0.39, 0.29) is 6.29 Å². The van der Waals surface area contributed by atoms with Crippen LogP contribution in [0.25, 0.3) is 0 Å². The van der Waals surface area contributed by atoms with E-state index in [0.717, 1.165) is 0 Å². The molecule has 1 amide bonds. The van der Waals surface area contributed by atoms with Crippen LogP contribution in [0, 0.1) is 0 Å². The molecule has 0 aliphatic carbocycles. The van der Waals surface area contributed by atoms with Crippen LogP contribution in [0.5, 0.6) is 0 Å². The lowest BCUT2D eigenvalue weighted by molar-refractivity contribution is -0.169. The lowest BCUT2D eigenvalue weighted by Gasteiger charge is -2.31. The lowest BCUT2D eigenvalue weighted by Crippen LogP contribution is -2.56. The summed E-state index contributed by atoms with van der Waals surface area (Å²) in [4.78, 5) is 21.1. The van der Waals surface area contributed by atoms with Crippen LogP contribution in [-0.4, -0.2) is 68.2 Å². The summed E-state index contributed by atoms with van der Waals surface area (Å²) >= 11 is 0. The van der Waals surface area contributed by atoms with Crippen LogP contribution in [0.2, 0.25) is 0 Å². The first-order valence-corrected chi connectivity index (χ1v) is 4.40. The number of hydrogen-bond acceptors (Lipinski definition) is 7. The molecular weight excluding hydrogens is 222 g/mol. The fraction of sp³-hybridized carbons (Fsp3) is 0.750. The molecule has 0 aromatic rings. The minimum absolute atomic E-state index is 0.157. The molecule has 94 valence electrons. The lowest BCUT2D eigenvalue weighted by atomic mass is 9.88. The highest BCUT2D eigenvalue weighted by Gasteiger charge is 2.43. The van der Waals surface area contributed by atoms with E-state index < -0.39 is 42.8 Å². The zero-order valence-electron chi connectivity index (χ0n) is 8.35. The molecule has 0 heterocycles. The molecule has 0 aromatic carbocycles. The van der Waals surface area contributed by atoms with E-state index in [4.69, 9.17) is 15.9 Å². The second-order valence-electron chi connectivity index (χ2n) is 3.44. The number of primary amides is 1. The van der Waals surface area contributed by atoms with Gasteiger partial charge in [-0.05, 0) is 0 Å². The van der Waals surface area contributed by atoms with Gasteiger partial charge in [-0.3, -0.25) is 4.79 Å². The van der Waals surface area contributed by atoms with Gasteiger partial charge in [-0.15, -0.1) is 0 Å². The van der Waals surface area contributed by atoms with Gasteiger partial charge in [0.1, 0.15) is 18.3 Å². The number of carbonyl (C=O) groups is 2. The molecule has 7 N–H and O–H groups in total. The van der Waals surface area contributed by atoms with Crippen LogP contribution in [0.15, 0.2) is 0 Å². The molecule has 0 spiro atoms. The molecular formula is C8H15NO7. The molecule has 0 aliphatic rings. The van der Waals surface area contributed by atoms with Crippen molar-refractivity contribution >= 4 is 12.2 Å². The molecule has 0 radical (unpaired) electrons. The van der Waals surface area contributed by atoms with Crippen LogP contribution in [0.4, 0.5) is 0 Å². The summed E-state index contributed by atoms with van der Waals surface area (Å²) in [5.74, 6) is -1.07. The van der Waals surface area contributed by atoms with E-state index in [1.165, 1.54) is 0 Å². The first-order chi connectivity index (χ1) is 7.28. The van der Waals surface area contributed by atoms with Crippen molar-refractivity contribution in [2.75, 3.05) is 6.61 Å². The molecule has 0 saturated carbocycles. The van der Waals surface area contributed by atoms with Crippen LogP contribution < -0.4 is 5.73 Å². The van der Waals surface area contributed by atoms with Crippen molar-refractivity contribution in [1.82, 2.24) is 0 Å². The van der Waals surface area contributed by atoms with Crippen molar-refractivity contribution < 1.29 is 35.1 Å². The average Bonchev–Trinajstić information content (AvgIpc) is 2.24. The summed E-state index contributed by atoms with van der Waals surface area (Å²) in [6, 6.07) is 0. The van der Waals surface area contributed by atoms with Crippen molar-refractivity contribution in [3.05, 3.63) is 0 Å². The highest BCUT2D eigenvalue weighted by molar-refractivity contribution is 5.80. The molecule has 16 heavy (non-hydrogen) atoms. The molecule has 0 saturated heterocycles. The third kappa shape index (κ3) is 3.51. The molecule has 0 rings (SSSR count). The number of carbonyl (C=O) groups excluding carboxylic acids is 2. The van der Waals surface area contributed by atoms with Gasteiger partial charge in [0.05, 0.1) is 13.0 Å². The second kappa shape index (κ2) is 5.87. The summed E-state index contributed by atoms with van der Waals surface area (Å²) in [6.45, 7) is -0.885. The van der Waals surface area contributed by atoms with Crippen LogP contribution in [-0.2, 0) is 9.59 Å². The van der Waals surface area contributed by atoms with Crippen molar-refractivity contribution in [3.8, 4) is 0 Å². The number of amides is 1. The summed E-state index contributed by atoms with van der Waals surface area (Å²) < 4.78 is 0. The number of hydrogen-bond donors (Lipinski definition) is 6.